The molecule has 2 rings (SSSR count). The average molecular weight is 267 g/mol. The van der Waals surface area contributed by atoms with Crippen LogP contribution in [0.15, 0.2) is 6.20 Å². The highest BCUT2D eigenvalue weighted by Crippen LogP contribution is 2.31. The van der Waals surface area contributed by atoms with Crippen molar-refractivity contribution in [3.8, 4) is 5.75 Å². The summed E-state index contributed by atoms with van der Waals surface area (Å²) in [4.78, 5) is 29.8. The summed E-state index contributed by atoms with van der Waals surface area (Å²) in [5.41, 5.74) is 0.303. The van der Waals surface area contributed by atoms with Crippen molar-refractivity contribution in [1.82, 2.24) is 15.3 Å². The van der Waals surface area contributed by atoms with E-state index in [0.29, 0.717) is 10.2 Å². The summed E-state index contributed by atoms with van der Waals surface area (Å²) in [7, 11) is 0. The van der Waals surface area contributed by atoms with Crippen molar-refractivity contribution in [2.45, 2.75) is 6.92 Å². The van der Waals surface area contributed by atoms with Crippen molar-refractivity contribution in [3.05, 3.63) is 16.9 Å². The van der Waals surface area contributed by atoms with Crippen LogP contribution in [0.5, 0.6) is 5.75 Å². The van der Waals surface area contributed by atoms with Gasteiger partial charge in [-0.3, -0.25) is 9.59 Å². The Balaban J connectivity index is 2.36. The van der Waals surface area contributed by atoms with Gasteiger partial charge in [-0.25, -0.2) is 9.97 Å². The third kappa shape index (κ3) is 2.23. The number of hydrogen-bond donors (Lipinski definition) is 3. The minimum atomic E-state index is -1.17. The maximum absolute atomic E-state index is 11.6. The lowest BCUT2D eigenvalue weighted by Gasteiger charge is -2.03. The number of hydrogen-bond acceptors (Lipinski definition) is 6. The first-order chi connectivity index (χ1) is 8.49. The number of fused-ring (bicyclic) bond motifs is 1. The molecule has 0 saturated carbocycles. The second-order valence-electron chi connectivity index (χ2n) is 3.48. The molecule has 0 aliphatic heterocycles. The molecule has 0 aromatic carbocycles. The molecule has 2 aromatic heterocycles. The Morgan fingerprint density at radius 1 is 1.50 bits per heavy atom. The molecule has 0 fully saturated rings. The predicted octanol–water partition coefficient (Wildman–Crippen LogP) is 0.520. The second-order valence-corrected chi connectivity index (χ2v) is 4.68. The van der Waals surface area contributed by atoms with Crippen molar-refractivity contribution in [3.63, 3.8) is 0 Å². The Hall–Kier alpha value is -2.22. The van der Waals surface area contributed by atoms with E-state index in [0.717, 1.165) is 5.01 Å². The van der Waals surface area contributed by atoms with E-state index in [1.807, 2.05) is 0 Å². The van der Waals surface area contributed by atoms with Crippen LogP contribution in [-0.2, 0) is 4.79 Å². The quantitative estimate of drug-likeness (QED) is 0.747. The van der Waals surface area contributed by atoms with Gasteiger partial charge in [0.15, 0.2) is 11.4 Å². The van der Waals surface area contributed by atoms with Gasteiger partial charge in [0, 0.05) is 0 Å². The first kappa shape index (κ1) is 12.2. The van der Waals surface area contributed by atoms with E-state index in [2.05, 4.69) is 15.3 Å². The number of rotatable bonds is 3. The summed E-state index contributed by atoms with van der Waals surface area (Å²) in [5, 5.41) is 21.2. The van der Waals surface area contributed by atoms with Gasteiger partial charge in [-0.2, -0.15) is 0 Å². The van der Waals surface area contributed by atoms with Crippen molar-refractivity contribution < 1.29 is 19.8 Å². The van der Waals surface area contributed by atoms with Crippen LogP contribution in [0.4, 0.5) is 0 Å². The van der Waals surface area contributed by atoms with Gasteiger partial charge < -0.3 is 15.5 Å². The summed E-state index contributed by atoms with van der Waals surface area (Å²) in [6, 6.07) is 0. The van der Waals surface area contributed by atoms with Gasteiger partial charge >= 0.3 is 5.97 Å². The average Bonchev–Trinajstić information content (AvgIpc) is 2.68. The maximum atomic E-state index is 11.6. The highest BCUT2D eigenvalue weighted by Gasteiger charge is 2.18. The van der Waals surface area contributed by atoms with Gasteiger partial charge in [0.2, 0.25) is 0 Å². The highest BCUT2D eigenvalue weighted by atomic mass is 32.1. The molecule has 7 nitrogen and oxygen atoms in total. The van der Waals surface area contributed by atoms with Crippen LogP contribution in [-0.4, -0.2) is 38.6 Å². The van der Waals surface area contributed by atoms with Gasteiger partial charge in [-0.1, -0.05) is 0 Å². The molecule has 94 valence electrons. The Bertz CT molecular complexity index is 637. The van der Waals surface area contributed by atoms with Gasteiger partial charge in [-0.15, -0.1) is 11.3 Å². The number of nitrogens with one attached hydrogen (secondary N) is 1. The summed E-state index contributed by atoms with van der Waals surface area (Å²) in [6.07, 6.45) is 1.37. The fourth-order valence-corrected chi connectivity index (χ4v) is 2.24. The molecule has 0 radical (unpaired) electrons. The Morgan fingerprint density at radius 3 is 2.89 bits per heavy atom. The smallest absolute Gasteiger partial charge is 0.322 e. The lowest BCUT2D eigenvalue weighted by molar-refractivity contribution is -0.135. The predicted molar refractivity (Wildman–Crippen MR) is 63.8 cm³/mol. The largest absolute Gasteiger partial charge is 0.504 e. The molecule has 0 atom stereocenters. The number of aliphatic carboxylic acids is 1. The molecule has 8 heteroatoms. The number of carbonyl (C=O) groups excluding carboxylic acids is 1. The van der Waals surface area contributed by atoms with Crippen molar-refractivity contribution in [1.29, 1.82) is 0 Å². The van der Waals surface area contributed by atoms with Crippen molar-refractivity contribution in [2.75, 3.05) is 6.54 Å². The number of thiazole rings is 1. The number of carbonyl (C=O) groups is 2. The van der Waals surface area contributed by atoms with Gasteiger partial charge in [-0.05, 0) is 6.92 Å². The molecule has 18 heavy (non-hydrogen) atoms. The van der Waals surface area contributed by atoms with Crippen LogP contribution >= 0.6 is 11.3 Å². The van der Waals surface area contributed by atoms with E-state index in [1.54, 1.807) is 6.92 Å². The standard InChI is InChI=1S/C10H9N3O4S/c1-4-13-5-2-11-7(8(16)9(5)18-4)10(17)12-3-6(14)15/h2,16H,3H2,1H3,(H,12,17)(H,14,15). The molecule has 2 heterocycles. The molecule has 0 bridgehead atoms. The van der Waals surface area contributed by atoms with E-state index in [4.69, 9.17) is 5.11 Å². The zero-order valence-electron chi connectivity index (χ0n) is 9.30. The summed E-state index contributed by atoms with van der Waals surface area (Å²) < 4.78 is 0.461. The maximum Gasteiger partial charge on any atom is 0.322 e. The molecule has 1 amide bonds. The fraction of sp³-hybridized carbons (Fsp3) is 0.200. The number of aryl methyl sites for hydroxylation is 1. The van der Waals surface area contributed by atoms with Crippen LogP contribution in [0.25, 0.3) is 10.2 Å². The number of aromatic hydroxyl groups is 1. The first-order valence-corrected chi connectivity index (χ1v) is 5.76. The Labute approximate surface area is 105 Å². The van der Waals surface area contributed by atoms with Crippen LogP contribution < -0.4 is 5.32 Å². The lowest BCUT2D eigenvalue weighted by atomic mass is 10.3. The van der Waals surface area contributed by atoms with Crippen LogP contribution in [0.2, 0.25) is 0 Å². The van der Waals surface area contributed by atoms with E-state index < -0.39 is 18.4 Å². The zero-order chi connectivity index (χ0) is 13.3. The molecule has 0 saturated heterocycles. The number of amides is 1. The first-order valence-electron chi connectivity index (χ1n) is 4.94. The lowest BCUT2D eigenvalue weighted by Crippen LogP contribution is -2.29. The molecule has 0 aliphatic carbocycles. The van der Waals surface area contributed by atoms with Crippen molar-refractivity contribution >= 4 is 33.4 Å². The fourth-order valence-electron chi connectivity index (χ4n) is 1.40. The third-order valence-corrected chi connectivity index (χ3v) is 3.12. The number of carboxylic acids is 1. The van der Waals surface area contributed by atoms with Gasteiger partial charge in [0.05, 0.1) is 11.2 Å². The molecule has 3 N–H and O–H groups in total. The minimum absolute atomic E-state index is 0.201. The number of carboxylic acid groups (broad SMARTS) is 1. The third-order valence-electron chi connectivity index (χ3n) is 2.13. The number of aromatic nitrogens is 2. The van der Waals surface area contributed by atoms with Crippen molar-refractivity contribution in [2.24, 2.45) is 0 Å². The molecule has 2 aromatic rings. The summed E-state index contributed by atoms with van der Waals surface area (Å²) >= 11 is 1.24. The van der Waals surface area contributed by atoms with E-state index in [-0.39, 0.29) is 11.4 Å². The summed E-state index contributed by atoms with van der Waals surface area (Å²) in [5.74, 6) is -2.18. The monoisotopic (exact) mass is 267 g/mol. The summed E-state index contributed by atoms with van der Waals surface area (Å²) in [6.45, 7) is 1.24. The van der Waals surface area contributed by atoms with E-state index in [9.17, 15) is 14.7 Å². The van der Waals surface area contributed by atoms with Gasteiger partial charge in [0.25, 0.3) is 5.91 Å². The highest BCUT2D eigenvalue weighted by molar-refractivity contribution is 7.18. The Kier molecular flexibility index (Phi) is 3.11. The Morgan fingerprint density at radius 2 is 2.22 bits per heavy atom. The molecule has 0 unspecified atom stereocenters. The molecule has 0 aliphatic rings. The molecular weight excluding hydrogens is 258 g/mol. The number of nitrogens with zero attached hydrogens (tertiary/aromatic N) is 2. The van der Waals surface area contributed by atoms with Crippen LogP contribution in [0.1, 0.15) is 15.5 Å². The molecule has 0 spiro atoms. The normalized spacial score (nSPS) is 10.5. The van der Waals surface area contributed by atoms with Gasteiger partial charge in [0.1, 0.15) is 16.8 Å². The van der Waals surface area contributed by atoms with E-state index >= 15 is 0 Å². The zero-order valence-corrected chi connectivity index (χ0v) is 10.1. The number of pyridine rings is 1. The van der Waals surface area contributed by atoms with Crippen LogP contribution in [0.3, 0.4) is 0 Å². The van der Waals surface area contributed by atoms with E-state index in [1.165, 1.54) is 17.5 Å². The topological polar surface area (TPSA) is 112 Å². The van der Waals surface area contributed by atoms with Crippen LogP contribution in [0, 0.1) is 6.92 Å². The molecular formula is C10H9N3O4S. The SMILES string of the molecule is Cc1nc2cnc(C(=O)NCC(=O)O)c(O)c2s1. The minimum Gasteiger partial charge on any atom is -0.504 e. The second kappa shape index (κ2) is 4.57.